The van der Waals surface area contributed by atoms with Crippen molar-refractivity contribution >= 4 is 5.91 Å². The standard InChI is InChI=1S/C23H39NO2/c1-15(14-26-5)17-7-8-18-16-6-9-20-23(3,13-11-21(25)24(20)4)19(16)10-12-22(17,18)2/h15-20H,6-14H2,1-5H3/t15?,16?,17?,18?,19?,20-,22-,23-/m1/s1. The number of hydrogen-bond donors (Lipinski definition) is 0. The van der Waals surface area contributed by atoms with Gasteiger partial charge in [0, 0.05) is 33.2 Å². The van der Waals surface area contributed by atoms with Gasteiger partial charge in [-0.15, -0.1) is 0 Å². The monoisotopic (exact) mass is 361 g/mol. The summed E-state index contributed by atoms with van der Waals surface area (Å²) in [7, 11) is 3.92. The average Bonchev–Trinajstić information content (AvgIpc) is 2.96. The summed E-state index contributed by atoms with van der Waals surface area (Å²) in [6, 6.07) is 0.485. The number of carbonyl (C=O) groups is 1. The maximum Gasteiger partial charge on any atom is 0.222 e. The number of piperidine rings is 1. The summed E-state index contributed by atoms with van der Waals surface area (Å²) in [6.07, 6.45) is 10.0. The second-order valence-electron chi connectivity index (χ2n) is 10.6. The van der Waals surface area contributed by atoms with E-state index in [1.54, 1.807) is 0 Å². The maximum absolute atomic E-state index is 12.3. The largest absolute Gasteiger partial charge is 0.384 e. The number of likely N-dealkylation sites (tertiary alicyclic amines) is 1. The Morgan fingerprint density at radius 1 is 1.08 bits per heavy atom. The molecule has 4 fully saturated rings. The van der Waals surface area contributed by atoms with E-state index in [-0.39, 0.29) is 0 Å². The van der Waals surface area contributed by atoms with Crippen LogP contribution in [0.3, 0.4) is 0 Å². The van der Waals surface area contributed by atoms with Gasteiger partial charge in [0.1, 0.15) is 0 Å². The van der Waals surface area contributed by atoms with Gasteiger partial charge in [-0.3, -0.25) is 4.79 Å². The van der Waals surface area contributed by atoms with E-state index in [1.807, 2.05) is 7.11 Å². The smallest absolute Gasteiger partial charge is 0.222 e. The third-order valence-corrected chi connectivity index (χ3v) is 9.75. The lowest BCUT2D eigenvalue weighted by Crippen LogP contribution is -2.61. The van der Waals surface area contributed by atoms with Crippen molar-refractivity contribution in [1.29, 1.82) is 0 Å². The van der Waals surface area contributed by atoms with Crippen LogP contribution in [0.1, 0.15) is 72.1 Å². The van der Waals surface area contributed by atoms with Gasteiger partial charge in [-0.05, 0) is 85.4 Å². The van der Waals surface area contributed by atoms with E-state index < -0.39 is 0 Å². The van der Waals surface area contributed by atoms with Crippen LogP contribution < -0.4 is 0 Å². The van der Waals surface area contributed by atoms with Crippen LogP contribution in [-0.2, 0) is 9.53 Å². The first-order valence-corrected chi connectivity index (χ1v) is 11.1. The molecule has 0 aromatic heterocycles. The molecule has 0 spiro atoms. The Bertz CT molecular complexity index is 562. The molecular weight excluding hydrogens is 322 g/mol. The molecule has 1 amide bonds. The number of methoxy groups -OCH3 is 1. The van der Waals surface area contributed by atoms with Crippen LogP contribution in [0.4, 0.5) is 0 Å². The van der Waals surface area contributed by atoms with Gasteiger partial charge in [0.15, 0.2) is 0 Å². The van der Waals surface area contributed by atoms with Crippen molar-refractivity contribution in [2.75, 3.05) is 20.8 Å². The minimum Gasteiger partial charge on any atom is -0.384 e. The molecule has 8 atom stereocenters. The minimum atomic E-state index is 0.350. The SMILES string of the molecule is COCC(C)C1CCC2C3CC[C@H]4N(C)C(=O)CC[C@]4(C)C3CC[C@]12C. The van der Waals surface area contributed by atoms with Crippen molar-refractivity contribution in [3.63, 3.8) is 0 Å². The number of nitrogens with zero attached hydrogens (tertiary/aromatic N) is 1. The van der Waals surface area contributed by atoms with Crippen LogP contribution >= 0.6 is 0 Å². The van der Waals surface area contributed by atoms with Gasteiger partial charge in [0.2, 0.25) is 5.91 Å². The molecular formula is C23H39NO2. The molecule has 5 unspecified atom stereocenters. The first-order valence-electron chi connectivity index (χ1n) is 11.1. The summed E-state index contributed by atoms with van der Waals surface area (Å²) < 4.78 is 5.52. The molecule has 3 heteroatoms. The summed E-state index contributed by atoms with van der Waals surface area (Å²) in [5.74, 6) is 4.49. The third-order valence-electron chi connectivity index (χ3n) is 9.75. The van der Waals surface area contributed by atoms with E-state index in [9.17, 15) is 4.79 Å². The highest BCUT2D eigenvalue weighted by atomic mass is 16.5. The van der Waals surface area contributed by atoms with Crippen LogP contribution in [0.5, 0.6) is 0 Å². The Labute approximate surface area is 160 Å². The summed E-state index contributed by atoms with van der Waals surface area (Å²) in [5, 5.41) is 0. The molecule has 26 heavy (non-hydrogen) atoms. The van der Waals surface area contributed by atoms with Gasteiger partial charge in [0.25, 0.3) is 0 Å². The highest BCUT2D eigenvalue weighted by Gasteiger charge is 2.61. The predicted molar refractivity (Wildman–Crippen MR) is 105 cm³/mol. The number of carbonyl (C=O) groups excluding carboxylic acids is 1. The Hall–Kier alpha value is -0.570. The van der Waals surface area contributed by atoms with Gasteiger partial charge in [-0.2, -0.15) is 0 Å². The summed E-state index contributed by atoms with van der Waals surface area (Å²) in [6.45, 7) is 8.46. The van der Waals surface area contributed by atoms with Gasteiger partial charge < -0.3 is 9.64 Å². The molecule has 0 radical (unpaired) electrons. The second-order valence-corrected chi connectivity index (χ2v) is 10.6. The van der Waals surface area contributed by atoms with E-state index >= 15 is 0 Å². The van der Waals surface area contributed by atoms with Gasteiger partial charge >= 0.3 is 0 Å². The van der Waals surface area contributed by atoms with Crippen LogP contribution in [0.15, 0.2) is 0 Å². The topological polar surface area (TPSA) is 29.5 Å². The Morgan fingerprint density at radius 2 is 1.81 bits per heavy atom. The molecule has 3 nitrogen and oxygen atoms in total. The van der Waals surface area contributed by atoms with Crippen molar-refractivity contribution in [2.24, 2.45) is 40.4 Å². The summed E-state index contributed by atoms with van der Waals surface area (Å²) >= 11 is 0. The van der Waals surface area contributed by atoms with Crippen LogP contribution in [0.2, 0.25) is 0 Å². The van der Waals surface area contributed by atoms with Crippen molar-refractivity contribution in [1.82, 2.24) is 4.90 Å². The number of hydrogen-bond acceptors (Lipinski definition) is 2. The van der Waals surface area contributed by atoms with Gasteiger partial charge in [0.05, 0.1) is 0 Å². The zero-order valence-electron chi connectivity index (χ0n) is 17.6. The van der Waals surface area contributed by atoms with E-state index in [2.05, 4.69) is 32.7 Å². The second kappa shape index (κ2) is 6.50. The van der Waals surface area contributed by atoms with E-state index in [0.29, 0.717) is 28.7 Å². The number of amides is 1. The highest BCUT2D eigenvalue weighted by Crippen LogP contribution is 2.67. The number of ether oxygens (including phenoxy) is 1. The Balaban J connectivity index is 1.58. The Kier molecular flexibility index (Phi) is 4.69. The zero-order chi connectivity index (χ0) is 18.7. The van der Waals surface area contributed by atoms with E-state index in [4.69, 9.17) is 4.74 Å². The lowest BCUT2D eigenvalue weighted by atomic mass is 9.46. The van der Waals surface area contributed by atoms with Gasteiger partial charge in [-0.1, -0.05) is 20.8 Å². The van der Waals surface area contributed by atoms with Crippen LogP contribution in [0.25, 0.3) is 0 Å². The van der Waals surface area contributed by atoms with E-state index in [1.165, 1.54) is 38.5 Å². The fourth-order valence-electron chi connectivity index (χ4n) is 8.50. The molecule has 1 saturated heterocycles. The molecule has 0 bridgehead atoms. The molecule has 148 valence electrons. The zero-order valence-corrected chi connectivity index (χ0v) is 17.6. The summed E-state index contributed by atoms with van der Waals surface area (Å²) in [4.78, 5) is 14.4. The fraction of sp³-hybridized carbons (Fsp3) is 0.957. The average molecular weight is 362 g/mol. The Morgan fingerprint density at radius 3 is 2.54 bits per heavy atom. The third kappa shape index (κ3) is 2.52. The number of rotatable bonds is 3. The highest BCUT2D eigenvalue weighted by molar-refractivity contribution is 5.77. The maximum atomic E-state index is 12.3. The lowest BCUT2D eigenvalue weighted by Gasteiger charge is -2.62. The first-order chi connectivity index (χ1) is 12.3. The van der Waals surface area contributed by atoms with Crippen molar-refractivity contribution in [2.45, 2.75) is 78.2 Å². The summed E-state index contributed by atoms with van der Waals surface area (Å²) in [5.41, 5.74) is 0.863. The van der Waals surface area contributed by atoms with Crippen LogP contribution in [0, 0.1) is 40.4 Å². The fourth-order valence-corrected chi connectivity index (χ4v) is 8.50. The van der Waals surface area contributed by atoms with Gasteiger partial charge in [-0.25, -0.2) is 0 Å². The van der Waals surface area contributed by atoms with Crippen molar-refractivity contribution < 1.29 is 9.53 Å². The molecule has 0 N–H and O–H groups in total. The molecule has 0 aromatic carbocycles. The van der Waals surface area contributed by atoms with E-state index in [0.717, 1.165) is 43.1 Å². The van der Waals surface area contributed by atoms with Crippen molar-refractivity contribution in [3.8, 4) is 0 Å². The minimum absolute atomic E-state index is 0.350. The molecule has 3 saturated carbocycles. The first kappa shape index (κ1) is 18.8. The number of fused-ring (bicyclic) bond motifs is 5. The molecule has 0 aromatic rings. The normalized spacial score (nSPS) is 49.3. The molecule has 4 aliphatic rings. The molecule has 1 heterocycles. The molecule has 1 aliphatic heterocycles. The van der Waals surface area contributed by atoms with Crippen molar-refractivity contribution in [3.05, 3.63) is 0 Å². The van der Waals surface area contributed by atoms with Crippen LogP contribution in [-0.4, -0.2) is 37.6 Å². The molecule has 3 aliphatic carbocycles. The quantitative estimate of drug-likeness (QED) is 0.726. The predicted octanol–water partition coefficient (Wildman–Crippen LogP) is 4.75. The molecule has 4 rings (SSSR count). The lowest BCUT2D eigenvalue weighted by molar-refractivity contribution is -0.159.